The van der Waals surface area contributed by atoms with Gasteiger partial charge in [0.05, 0.1) is 10.9 Å². The van der Waals surface area contributed by atoms with Crippen LogP contribution in [-0.4, -0.2) is 22.6 Å². The second-order valence-corrected chi connectivity index (χ2v) is 4.92. The summed E-state index contributed by atoms with van der Waals surface area (Å²) < 4.78 is 0. The fourth-order valence-corrected chi connectivity index (χ4v) is 1.64. The largest absolute Gasteiger partial charge is 0.481 e. The molecule has 4 heteroatoms. The molecule has 2 aromatic rings. The second-order valence-electron chi connectivity index (χ2n) is 4.92. The Balaban J connectivity index is 2.25. The number of carboxylic acid groups (broad SMARTS) is 1. The zero-order valence-corrected chi connectivity index (χ0v) is 10.5. The summed E-state index contributed by atoms with van der Waals surface area (Å²) in [5, 5.41) is 13.3. The Bertz CT molecular complexity index is 574. The van der Waals surface area contributed by atoms with Crippen LogP contribution in [0, 0.1) is 5.41 Å². The normalized spacial score (nSPS) is 11.4. The molecule has 1 aromatic heterocycles. The number of anilines is 1. The van der Waals surface area contributed by atoms with Crippen molar-refractivity contribution in [1.82, 2.24) is 4.98 Å². The fourth-order valence-electron chi connectivity index (χ4n) is 1.64. The van der Waals surface area contributed by atoms with Gasteiger partial charge >= 0.3 is 5.97 Å². The van der Waals surface area contributed by atoms with Gasteiger partial charge in [0.2, 0.25) is 0 Å². The van der Waals surface area contributed by atoms with Crippen LogP contribution in [0.1, 0.15) is 13.8 Å². The van der Waals surface area contributed by atoms with Crippen LogP contribution in [0.25, 0.3) is 10.9 Å². The number of hydrogen-bond donors (Lipinski definition) is 2. The molecular formula is C14H16N2O2. The van der Waals surface area contributed by atoms with Gasteiger partial charge in [-0.3, -0.25) is 9.78 Å². The predicted molar refractivity (Wildman–Crippen MR) is 71.6 cm³/mol. The van der Waals surface area contributed by atoms with Gasteiger partial charge in [0, 0.05) is 23.8 Å². The molecule has 0 saturated carbocycles. The predicted octanol–water partition coefficient (Wildman–Crippen LogP) is 2.76. The first-order valence-electron chi connectivity index (χ1n) is 5.82. The molecule has 0 fully saturated rings. The summed E-state index contributed by atoms with van der Waals surface area (Å²) in [7, 11) is 0. The topological polar surface area (TPSA) is 62.2 Å². The van der Waals surface area contributed by atoms with Crippen LogP contribution in [0.15, 0.2) is 36.5 Å². The van der Waals surface area contributed by atoms with Crippen molar-refractivity contribution in [2.24, 2.45) is 5.41 Å². The highest BCUT2D eigenvalue weighted by Gasteiger charge is 2.26. The highest BCUT2D eigenvalue weighted by molar-refractivity contribution is 5.91. The maximum atomic E-state index is 11.1. The van der Waals surface area contributed by atoms with Gasteiger partial charge in [0.1, 0.15) is 0 Å². The van der Waals surface area contributed by atoms with Crippen molar-refractivity contribution in [2.45, 2.75) is 13.8 Å². The van der Waals surface area contributed by atoms with Crippen molar-refractivity contribution in [2.75, 3.05) is 11.9 Å². The van der Waals surface area contributed by atoms with Gasteiger partial charge in [-0.15, -0.1) is 0 Å². The van der Waals surface area contributed by atoms with Crippen LogP contribution in [0.2, 0.25) is 0 Å². The van der Waals surface area contributed by atoms with Crippen molar-refractivity contribution in [3.8, 4) is 0 Å². The number of aliphatic carboxylic acids is 1. The van der Waals surface area contributed by atoms with E-state index >= 15 is 0 Å². The van der Waals surface area contributed by atoms with Crippen molar-refractivity contribution < 1.29 is 9.90 Å². The van der Waals surface area contributed by atoms with E-state index in [1.54, 1.807) is 20.0 Å². The molecule has 0 bridgehead atoms. The third-order valence-corrected chi connectivity index (χ3v) is 2.95. The van der Waals surface area contributed by atoms with Gasteiger partial charge in [0.25, 0.3) is 0 Å². The number of hydrogen-bond acceptors (Lipinski definition) is 3. The Labute approximate surface area is 106 Å². The minimum Gasteiger partial charge on any atom is -0.481 e. The summed E-state index contributed by atoms with van der Waals surface area (Å²) in [4.78, 5) is 15.3. The second kappa shape index (κ2) is 4.64. The van der Waals surface area contributed by atoms with E-state index in [2.05, 4.69) is 10.3 Å². The molecule has 0 aliphatic rings. The minimum absolute atomic E-state index is 0.371. The first-order chi connectivity index (χ1) is 8.50. The molecule has 0 spiro atoms. The number of carboxylic acids is 1. The molecule has 0 aliphatic heterocycles. The number of para-hydroxylation sites is 1. The van der Waals surface area contributed by atoms with Crippen LogP contribution >= 0.6 is 0 Å². The Hall–Kier alpha value is -2.10. The molecule has 0 unspecified atom stereocenters. The van der Waals surface area contributed by atoms with Crippen LogP contribution in [0.3, 0.4) is 0 Å². The first kappa shape index (κ1) is 12.4. The van der Waals surface area contributed by atoms with Crippen LogP contribution < -0.4 is 5.32 Å². The zero-order valence-electron chi connectivity index (χ0n) is 10.5. The number of aromatic nitrogens is 1. The Morgan fingerprint density at radius 2 is 2.06 bits per heavy atom. The van der Waals surface area contributed by atoms with Crippen molar-refractivity contribution in [3.05, 3.63) is 36.5 Å². The van der Waals surface area contributed by atoms with Gasteiger partial charge in [-0.05, 0) is 26.0 Å². The molecular weight excluding hydrogens is 228 g/mol. The summed E-state index contributed by atoms with van der Waals surface area (Å²) in [5.41, 5.74) is 1.01. The molecule has 0 radical (unpaired) electrons. The number of nitrogens with zero attached hydrogens (tertiary/aromatic N) is 1. The van der Waals surface area contributed by atoms with Crippen LogP contribution in [0.4, 0.5) is 5.69 Å². The minimum atomic E-state index is -0.812. The Morgan fingerprint density at radius 3 is 2.78 bits per heavy atom. The third-order valence-electron chi connectivity index (χ3n) is 2.95. The standard InChI is InChI=1S/C14H16N2O2/c1-14(2,13(17)18)9-16-12-7-8-15-11-6-4-3-5-10(11)12/h3-8H,9H2,1-2H3,(H,15,16)(H,17,18). The van der Waals surface area contributed by atoms with Gasteiger partial charge < -0.3 is 10.4 Å². The summed E-state index contributed by atoms with van der Waals surface area (Å²) in [6.45, 7) is 3.77. The molecule has 4 nitrogen and oxygen atoms in total. The molecule has 94 valence electrons. The molecule has 2 N–H and O–H groups in total. The summed E-state index contributed by atoms with van der Waals surface area (Å²) in [6.07, 6.45) is 1.72. The third kappa shape index (κ3) is 2.42. The van der Waals surface area contributed by atoms with Gasteiger partial charge in [-0.2, -0.15) is 0 Å². The molecule has 1 aromatic carbocycles. The van der Waals surface area contributed by atoms with Crippen molar-refractivity contribution in [3.63, 3.8) is 0 Å². The molecule has 2 rings (SSSR count). The van der Waals surface area contributed by atoms with E-state index < -0.39 is 11.4 Å². The summed E-state index contributed by atoms with van der Waals surface area (Å²) in [5.74, 6) is -0.812. The van der Waals surface area contributed by atoms with Crippen molar-refractivity contribution >= 4 is 22.6 Å². The van der Waals surface area contributed by atoms with E-state index in [-0.39, 0.29) is 0 Å². The summed E-state index contributed by atoms with van der Waals surface area (Å²) >= 11 is 0. The number of rotatable bonds is 4. The SMILES string of the molecule is CC(C)(CNc1ccnc2ccccc12)C(=O)O. The molecule has 0 atom stereocenters. The van der Waals surface area contributed by atoms with Gasteiger partial charge in [0.15, 0.2) is 0 Å². The number of fused-ring (bicyclic) bond motifs is 1. The highest BCUT2D eigenvalue weighted by atomic mass is 16.4. The lowest BCUT2D eigenvalue weighted by molar-refractivity contribution is -0.146. The average Bonchev–Trinajstić information content (AvgIpc) is 2.36. The molecule has 0 amide bonds. The maximum Gasteiger partial charge on any atom is 0.310 e. The lowest BCUT2D eigenvalue weighted by Gasteiger charge is -2.20. The lowest BCUT2D eigenvalue weighted by atomic mass is 9.94. The average molecular weight is 244 g/mol. The Kier molecular flexibility index (Phi) is 3.19. The quantitative estimate of drug-likeness (QED) is 0.868. The maximum absolute atomic E-state index is 11.1. The zero-order chi connectivity index (χ0) is 13.2. The lowest BCUT2D eigenvalue weighted by Crippen LogP contribution is -2.31. The van der Waals surface area contributed by atoms with E-state index in [1.165, 1.54) is 0 Å². The summed E-state index contributed by atoms with van der Waals surface area (Å²) in [6, 6.07) is 9.64. The van der Waals surface area contributed by atoms with E-state index in [0.29, 0.717) is 6.54 Å². The van der Waals surface area contributed by atoms with E-state index in [9.17, 15) is 4.79 Å². The fraction of sp³-hybridized carbons (Fsp3) is 0.286. The van der Waals surface area contributed by atoms with Gasteiger partial charge in [-0.1, -0.05) is 18.2 Å². The number of pyridine rings is 1. The molecule has 0 aliphatic carbocycles. The molecule has 18 heavy (non-hydrogen) atoms. The van der Waals surface area contributed by atoms with E-state index in [0.717, 1.165) is 16.6 Å². The van der Waals surface area contributed by atoms with E-state index in [1.807, 2.05) is 30.3 Å². The first-order valence-corrected chi connectivity index (χ1v) is 5.82. The highest BCUT2D eigenvalue weighted by Crippen LogP contribution is 2.23. The van der Waals surface area contributed by atoms with Crippen LogP contribution in [0.5, 0.6) is 0 Å². The number of benzene rings is 1. The smallest absolute Gasteiger partial charge is 0.310 e. The van der Waals surface area contributed by atoms with Crippen molar-refractivity contribution in [1.29, 1.82) is 0 Å². The molecule has 1 heterocycles. The van der Waals surface area contributed by atoms with E-state index in [4.69, 9.17) is 5.11 Å². The van der Waals surface area contributed by atoms with Gasteiger partial charge in [-0.25, -0.2) is 0 Å². The monoisotopic (exact) mass is 244 g/mol. The number of carbonyl (C=O) groups is 1. The van der Waals surface area contributed by atoms with Crippen LogP contribution in [-0.2, 0) is 4.79 Å². The number of nitrogens with one attached hydrogen (secondary N) is 1. The Morgan fingerprint density at radius 1 is 1.33 bits per heavy atom. The molecule has 0 saturated heterocycles.